The standard InChI is InChI=1S/C13H15NO/c15-10-14-9-12(8-13(14)6-7-13)11-4-2-1-3-5-11/h1-5,10,12H,6-9H2/t12-/m1/s1. The molecule has 1 saturated carbocycles. The summed E-state index contributed by atoms with van der Waals surface area (Å²) in [4.78, 5) is 13.0. The van der Waals surface area contributed by atoms with Gasteiger partial charge in [-0.25, -0.2) is 0 Å². The minimum Gasteiger partial charge on any atom is -0.339 e. The summed E-state index contributed by atoms with van der Waals surface area (Å²) in [6.45, 7) is 0.910. The molecule has 1 atom stereocenters. The third-order valence-electron chi connectivity index (χ3n) is 3.88. The number of hydrogen-bond acceptors (Lipinski definition) is 1. The third kappa shape index (κ3) is 1.36. The van der Waals surface area contributed by atoms with Gasteiger partial charge in [0.25, 0.3) is 0 Å². The van der Waals surface area contributed by atoms with E-state index in [-0.39, 0.29) is 5.54 Å². The summed E-state index contributed by atoms with van der Waals surface area (Å²) < 4.78 is 0. The van der Waals surface area contributed by atoms with Crippen molar-refractivity contribution in [1.29, 1.82) is 0 Å². The Balaban J connectivity index is 1.84. The van der Waals surface area contributed by atoms with Crippen molar-refractivity contribution in [2.24, 2.45) is 0 Å². The van der Waals surface area contributed by atoms with Crippen molar-refractivity contribution in [1.82, 2.24) is 4.90 Å². The quantitative estimate of drug-likeness (QED) is 0.671. The highest BCUT2D eigenvalue weighted by Crippen LogP contribution is 2.53. The van der Waals surface area contributed by atoms with Crippen LogP contribution in [0.4, 0.5) is 0 Å². The molecule has 0 bridgehead atoms. The average molecular weight is 201 g/mol. The van der Waals surface area contributed by atoms with Crippen LogP contribution in [0.1, 0.15) is 30.7 Å². The molecule has 1 spiro atoms. The highest BCUT2D eigenvalue weighted by Gasteiger charge is 2.53. The zero-order valence-electron chi connectivity index (χ0n) is 8.73. The lowest BCUT2D eigenvalue weighted by molar-refractivity contribution is -0.119. The van der Waals surface area contributed by atoms with Gasteiger partial charge < -0.3 is 4.90 Å². The molecular weight excluding hydrogens is 186 g/mol. The molecule has 1 heterocycles. The van der Waals surface area contributed by atoms with Crippen molar-refractivity contribution in [3.8, 4) is 0 Å². The summed E-state index contributed by atoms with van der Waals surface area (Å²) in [5, 5.41) is 0. The third-order valence-corrected chi connectivity index (χ3v) is 3.88. The second-order valence-electron chi connectivity index (χ2n) is 4.79. The molecule has 1 aromatic rings. The fraction of sp³-hybridized carbons (Fsp3) is 0.462. The summed E-state index contributed by atoms with van der Waals surface area (Å²) in [5.74, 6) is 0.555. The number of carbonyl (C=O) groups is 1. The molecule has 1 aliphatic heterocycles. The predicted octanol–water partition coefficient (Wildman–Crippen LogP) is 2.16. The molecule has 1 aromatic carbocycles. The summed E-state index contributed by atoms with van der Waals surface area (Å²) in [6.07, 6.45) is 4.61. The Hall–Kier alpha value is -1.31. The summed E-state index contributed by atoms with van der Waals surface area (Å²) in [6, 6.07) is 10.6. The molecule has 2 fully saturated rings. The number of amides is 1. The number of nitrogens with zero attached hydrogens (tertiary/aromatic N) is 1. The molecule has 0 unspecified atom stereocenters. The molecule has 2 heteroatoms. The van der Waals surface area contributed by atoms with Gasteiger partial charge in [-0.1, -0.05) is 30.3 Å². The Morgan fingerprint density at radius 3 is 2.53 bits per heavy atom. The van der Waals surface area contributed by atoms with Crippen LogP contribution in [0.5, 0.6) is 0 Å². The summed E-state index contributed by atoms with van der Waals surface area (Å²) >= 11 is 0. The zero-order chi connectivity index (χ0) is 10.3. The minimum atomic E-state index is 0.252. The van der Waals surface area contributed by atoms with Crippen LogP contribution >= 0.6 is 0 Å². The number of hydrogen-bond donors (Lipinski definition) is 0. The van der Waals surface area contributed by atoms with Crippen molar-refractivity contribution < 1.29 is 4.79 Å². The normalized spacial score (nSPS) is 26.9. The Morgan fingerprint density at radius 1 is 1.27 bits per heavy atom. The van der Waals surface area contributed by atoms with Crippen LogP contribution in [0, 0.1) is 0 Å². The second-order valence-corrected chi connectivity index (χ2v) is 4.79. The molecule has 1 aliphatic carbocycles. The number of likely N-dealkylation sites (tertiary alicyclic amines) is 1. The van der Waals surface area contributed by atoms with Crippen molar-refractivity contribution in [2.75, 3.05) is 6.54 Å². The van der Waals surface area contributed by atoms with Crippen LogP contribution < -0.4 is 0 Å². The Morgan fingerprint density at radius 2 is 2.00 bits per heavy atom. The monoisotopic (exact) mass is 201 g/mol. The number of rotatable bonds is 2. The number of carbonyl (C=O) groups excluding carboxylic acids is 1. The van der Waals surface area contributed by atoms with Crippen LogP contribution in [-0.2, 0) is 4.79 Å². The molecule has 1 saturated heterocycles. The van der Waals surface area contributed by atoms with E-state index in [1.54, 1.807) is 0 Å². The van der Waals surface area contributed by atoms with Gasteiger partial charge in [0.1, 0.15) is 0 Å². The van der Waals surface area contributed by atoms with E-state index >= 15 is 0 Å². The largest absolute Gasteiger partial charge is 0.339 e. The highest BCUT2D eigenvalue weighted by atomic mass is 16.1. The SMILES string of the molecule is O=CN1C[C@H](c2ccccc2)CC12CC2. The Kier molecular flexibility index (Phi) is 1.84. The van der Waals surface area contributed by atoms with Crippen LogP contribution in [0.15, 0.2) is 30.3 Å². The van der Waals surface area contributed by atoms with Gasteiger partial charge in [0.05, 0.1) is 0 Å². The second kappa shape index (κ2) is 3.09. The van der Waals surface area contributed by atoms with Gasteiger partial charge in [-0.15, -0.1) is 0 Å². The first-order chi connectivity index (χ1) is 7.34. The lowest BCUT2D eigenvalue weighted by Crippen LogP contribution is -2.29. The van der Waals surface area contributed by atoms with Gasteiger partial charge in [0.15, 0.2) is 0 Å². The maximum Gasteiger partial charge on any atom is 0.210 e. The van der Waals surface area contributed by atoms with E-state index in [1.807, 2.05) is 11.0 Å². The lowest BCUT2D eigenvalue weighted by Gasteiger charge is -2.17. The topological polar surface area (TPSA) is 20.3 Å². The fourth-order valence-electron chi connectivity index (χ4n) is 2.81. The minimum absolute atomic E-state index is 0.252. The predicted molar refractivity (Wildman–Crippen MR) is 58.5 cm³/mol. The molecule has 3 rings (SSSR count). The molecule has 0 aromatic heterocycles. The molecule has 0 N–H and O–H groups in total. The molecule has 2 nitrogen and oxygen atoms in total. The van der Waals surface area contributed by atoms with Crippen LogP contribution in [-0.4, -0.2) is 23.4 Å². The van der Waals surface area contributed by atoms with E-state index in [0.29, 0.717) is 5.92 Å². The van der Waals surface area contributed by atoms with Gasteiger partial charge in [0, 0.05) is 18.0 Å². The van der Waals surface area contributed by atoms with Crippen molar-refractivity contribution >= 4 is 6.41 Å². The molecule has 2 aliphatic rings. The molecule has 15 heavy (non-hydrogen) atoms. The van der Waals surface area contributed by atoms with E-state index in [1.165, 1.54) is 18.4 Å². The summed E-state index contributed by atoms with van der Waals surface area (Å²) in [7, 11) is 0. The van der Waals surface area contributed by atoms with E-state index in [2.05, 4.69) is 24.3 Å². The Labute approximate surface area is 89.9 Å². The van der Waals surface area contributed by atoms with E-state index < -0.39 is 0 Å². The van der Waals surface area contributed by atoms with Crippen molar-refractivity contribution in [3.05, 3.63) is 35.9 Å². The first kappa shape index (κ1) is 8.96. The first-order valence-electron chi connectivity index (χ1n) is 5.61. The zero-order valence-corrected chi connectivity index (χ0v) is 8.73. The van der Waals surface area contributed by atoms with Crippen LogP contribution in [0.25, 0.3) is 0 Å². The van der Waals surface area contributed by atoms with Crippen LogP contribution in [0.3, 0.4) is 0 Å². The van der Waals surface area contributed by atoms with Gasteiger partial charge >= 0.3 is 0 Å². The lowest BCUT2D eigenvalue weighted by atomic mass is 9.96. The van der Waals surface area contributed by atoms with Crippen molar-refractivity contribution in [2.45, 2.75) is 30.7 Å². The van der Waals surface area contributed by atoms with E-state index in [9.17, 15) is 4.79 Å². The average Bonchev–Trinajstić information content (AvgIpc) is 2.94. The van der Waals surface area contributed by atoms with E-state index in [0.717, 1.165) is 19.4 Å². The Bertz CT molecular complexity index is 369. The molecule has 78 valence electrons. The van der Waals surface area contributed by atoms with Gasteiger partial charge in [-0.3, -0.25) is 4.79 Å². The molecule has 0 radical (unpaired) electrons. The summed E-state index contributed by atoms with van der Waals surface area (Å²) in [5.41, 5.74) is 1.63. The van der Waals surface area contributed by atoms with Crippen molar-refractivity contribution in [3.63, 3.8) is 0 Å². The smallest absolute Gasteiger partial charge is 0.210 e. The first-order valence-corrected chi connectivity index (χ1v) is 5.61. The van der Waals surface area contributed by atoms with Gasteiger partial charge in [-0.05, 0) is 24.8 Å². The molecular formula is C13H15NO. The maximum absolute atomic E-state index is 11.0. The molecule has 1 amide bonds. The fourth-order valence-corrected chi connectivity index (χ4v) is 2.81. The number of benzene rings is 1. The van der Waals surface area contributed by atoms with E-state index in [4.69, 9.17) is 0 Å². The maximum atomic E-state index is 11.0. The highest BCUT2D eigenvalue weighted by molar-refractivity contribution is 5.52. The van der Waals surface area contributed by atoms with Gasteiger partial charge in [0.2, 0.25) is 6.41 Å². The van der Waals surface area contributed by atoms with Crippen LogP contribution in [0.2, 0.25) is 0 Å². The van der Waals surface area contributed by atoms with Gasteiger partial charge in [-0.2, -0.15) is 0 Å².